The van der Waals surface area contributed by atoms with E-state index in [0.717, 1.165) is 16.7 Å². The van der Waals surface area contributed by atoms with Crippen LogP contribution in [0.4, 0.5) is 15.8 Å². The van der Waals surface area contributed by atoms with E-state index in [2.05, 4.69) is 15.7 Å². The van der Waals surface area contributed by atoms with Crippen molar-refractivity contribution < 1.29 is 13.6 Å². The number of benzene rings is 2. The molecule has 0 unspecified atom stereocenters. The van der Waals surface area contributed by atoms with Gasteiger partial charge in [-0.15, -0.1) is 0 Å². The van der Waals surface area contributed by atoms with E-state index < -0.39 is 5.82 Å². The summed E-state index contributed by atoms with van der Waals surface area (Å²) in [5.41, 5.74) is 4.07. The minimum Gasteiger partial charge on any atom is -0.469 e. The number of carbonyl (C=O) groups is 1. The summed E-state index contributed by atoms with van der Waals surface area (Å²) in [4.78, 5) is 12.1. The third-order valence-corrected chi connectivity index (χ3v) is 4.64. The smallest absolute Gasteiger partial charge is 0.232 e. The summed E-state index contributed by atoms with van der Waals surface area (Å²) < 4.78 is 21.0. The number of aromatic nitrogens is 2. The zero-order valence-electron chi connectivity index (χ0n) is 16.4. The Morgan fingerprint density at radius 3 is 2.67 bits per heavy atom. The van der Waals surface area contributed by atoms with Crippen LogP contribution in [0.5, 0.6) is 0 Å². The molecule has 2 aromatic heterocycles. The Hall–Kier alpha value is -3.87. The third-order valence-electron chi connectivity index (χ3n) is 4.64. The molecule has 0 aliphatic rings. The van der Waals surface area contributed by atoms with Crippen molar-refractivity contribution in [3.63, 3.8) is 0 Å². The van der Waals surface area contributed by atoms with E-state index in [1.807, 2.05) is 43.7 Å². The van der Waals surface area contributed by atoms with Crippen LogP contribution >= 0.6 is 0 Å². The fourth-order valence-electron chi connectivity index (χ4n) is 3.09. The van der Waals surface area contributed by atoms with Gasteiger partial charge >= 0.3 is 0 Å². The summed E-state index contributed by atoms with van der Waals surface area (Å²) in [6, 6.07) is 16.1. The second-order valence-corrected chi connectivity index (χ2v) is 6.95. The van der Waals surface area contributed by atoms with Gasteiger partial charge in [-0.05, 0) is 41.5 Å². The number of hydrogen-bond donors (Lipinski definition) is 2. The predicted molar refractivity (Wildman–Crippen MR) is 113 cm³/mol. The molecule has 30 heavy (non-hydrogen) atoms. The molecule has 4 rings (SSSR count). The van der Waals surface area contributed by atoms with Gasteiger partial charge in [-0.3, -0.25) is 9.48 Å². The van der Waals surface area contributed by atoms with Gasteiger partial charge in [-0.1, -0.05) is 24.3 Å². The molecule has 2 heterocycles. The van der Waals surface area contributed by atoms with Gasteiger partial charge in [0.1, 0.15) is 11.6 Å². The van der Waals surface area contributed by atoms with Crippen molar-refractivity contribution in [3.8, 4) is 11.1 Å². The molecule has 4 aromatic rings. The van der Waals surface area contributed by atoms with Crippen LogP contribution in [0, 0.1) is 5.82 Å². The summed E-state index contributed by atoms with van der Waals surface area (Å²) in [5.74, 6) is -0.307. The second-order valence-electron chi connectivity index (χ2n) is 6.95. The van der Waals surface area contributed by atoms with E-state index in [1.54, 1.807) is 28.9 Å². The molecule has 0 aliphatic heterocycles. The molecule has 2 N–H and O–H groups in total. The van der Waals surface area contributed by atoms with Crippen LogP contribution in [0.3, 0.4) is 0 Å². The predicted octanol–water partition coefficient (Wildman–Crippen LogP) is 4.61. The monoisotopic (exact) mass is 404 g/mol. The summed E-state index contributed by atoms with van der Waals surface area (Å²) in [5, 5.41) is 10.0. The van der Waals surface area contributed by atoms with Crippen LogP contribution < -0.4 is 10.6 Å². The fourth-order valence-corrected chi connectivity index (χ4v) is 3.09. The summed E-state index contributed by atoms with van der Waals surface area (Å²) in [6.45, 7) is 0.568. The highest BCUT2D eigenvalue weighted by Gasteiger charge is 2.10. The number of aryl methyl sites for hydroxylation is 1. The number of hydrogen-bond acceptors (Lipinski definition) is 4. The second kappa shape index (κ2) is 8.65. The first-order chi connectivity index (χ1) is 14.6. The Balaban J connectivity index is 1.37. The molecule has 0 aliphatic carbocycles. The van der Waals surface area contributed by atoms with E-state index in [4.69, 9.17) is 4.42 Å². The maximum Gasteiger partial charge on any atom is 0.232 e. The molecule has 0 fully saturated rings. The molecule has 0 saturated heterocycles. The molecule has 6 nitrogen and oxygen atoms in total. The molecule has 0 atom stereocenters. The number of amides is 1. The molecule has 0 radical (unpaired) electrons. The van der Waals surface area contributed by atoms with Crippen molar-refractivity contribution >= 4 is 17.3 Å². The topological polar surface area (TPSA) is 72.1 Å². The number of furan rings is 1. The van der Waals surface area contributed by atoms with Crippen LogP contribution in [0.15, 0.2) is 77.7 Å². The lowest BCUT2D eigenvalue weighted by molar-refractivity contribution is -0.115. The van der Waals surface area contributed by atoms with E-state index in [1.165, 1.54) is 12.3 Å². The van der Waals surface area contributed by atoms with Crippen molar-refractivity contribution in [2.45, 2.75) is 13.0 Å². The highest BCUT2D eigenvalue weighted by Crippen LogP contribution is 2.22. The molecule has 0 saturated carbocycles. The number of carbonyl (C=O) groups excluding carboxylic acids is 1. The zero-order chi connectivity index (χ0) is 20.9. The SMILES string of the molecule is Cn1cc(-c2ccc(CNc3ccc(F)c(NC(=O)Cc4ccco4)c3)cc2)cn1. The molecular weight excluding hydrogens is 383 g/mol. The van der Waals surface area contributed by atoms with Gasteiger partial charge in [-0.25, -0.2) is 4.39 Å². The van der Waals surface area contributed by atoms with Crippen molar-refractivity contribution in [2.24, 2.45) is 7.05 Å². The summed E-state index contributed by atoms with van der Waals surface area (Å²) in [7, 11) is 1.89. The third kappa shape index (κ3) is 4.75. The zero-order valence-corrected chi connectivity index (χ0v) is 16.4. The number of nitrogens with zero attached hydrogens (tertiary/aromatic N) is 2. The Kier molecular flexibility index (Phi) is 5.61. The Morgan fingerprint density at radius 2 is 1.97 bits per heavy atom. The Morgan fingerprint density at radius 1 is 1.13 bits per heavy atom. The Bertz CT molecular complexity index is 1130. The van der Waals surface area contributed by atoms with E-state index in [-0.39, 0.29) is 18.0 Å². The first kappa shape index (κ1) is 19.4. The minimum atomic E-state index is -0.492. The highest BCUT2D eigenvalue weighted by atomic mass is 19.1. The van der Waals surface area contributed by atoms with Gasteiger partial charge in [0.25, 0.3) is 0 Å². The van der Waals surface area contributed by atoms with Crippen LogP contribution in [0.25, 0.3) is 11.1 Å². The number of nitrogens with one attached hydrogen (secondary N) is 2. The number of halogens is 1. The van der Waals surface area contributed by atoms with Crippen LogP contribution in [0.1, 0.15) is 11.3 Å². The van der Waals surface area contributed by atoms with Gasteiger partial charge in [-0.2, -0.15) is 5.10 Å². The van der Waals surface area contributed by atoms with Crippen molar-refractivity contribution in [2.75, 3.05) is 10.6 Å². The van der Waals surface area contributed by atoms with Crippen molar-refractivity contribution in [1.82, 2.24) is 9.78 Å². The van der Waals surface area contributed by atoms with Gasteiger partial charge in [0.05, 0.1) is 24.6 Å². The van der Waals surface area contributed by atoms with Gasteiger partial charge in [0.2, 0.25) is 5.91 Å². The normalized spacial score (nSPS) is 10.7. The average Bonchev–Trinajstić information content (AvgIpc) is 3.41. The maximum absolute atomic E-state index is 14.1. The highest BCUT2D eigenvalue weighted by molar-refractivity contribution is 5.92. The lowest BCUT2D eigenvalue weighted by atomic mass is 10.1. The average molecular weight is 404 g/mol. The Labute approximate surface area is 173 Å². The lowest BCUT2D eigenvalue weighted by Gasteiger charge is -2.11. The lowest BCUT2D eigenvalue weighted by Crippen LogP contribution is -2.15. The molecule has 2 aromatic carbocycles. The van der Waals surface area contributed by atoms with Gasteiger partial charge in [0, 0.05) is 31.0 Å². The maximum atomic E-state index is 14.1. The van der Waals surface area contributed by atoms with E-state index in [0.29, 0.717) is 18.0 Å². The standard InChI is InChI=1S/C23H21FN4O2/c1-28-15-18(14-26-28)17-6-4-16(5-7-17)13-25-19-8-9-21(24)22(11-19)27-23(29)12-20-3-2-10-30-20/h2-11,14-15,25H,12-13H2,1H3,(H,27,29). The van der Waals surface area contributed by atoms with E-state index in [9.17, 15) is 9.18 Å². The van der Waals surface area contributed by atoms with Gasteiger partial charge < -0.3 is 15.1 Å². The van der Waals surface area contributed by atoms with E-state index >= 15 is 0 Å². The van der Waals surface area contributed by atoms with Crippen molar-refractivity contribution in [3.05, 3.63) is 90.4 Å². The number of anilines is 2. The molecule has 1 amide bonds. The quantitative estimate of drug-likeness (QED) is 0.472. The summed E-state index contributed by atoms with van der Waals surface area (Å²) >= 11 is 0. The fraction of sp³-hybridized carbons (Fsp3) is 0.130. The first-order valence-electron chi connectivity index (χ1n) is 9.50. The summed E-state index contributed by atoms with van der Waals surface area (Å²) in [6.07, 6.45) is 5.34. The first-order valence-corrected chi connectivity index (χ1v) is 9.50. The van der Waals surface area contributed by atoms with Crippen LogP contribution in [-0.2, 0) is 24.8 Å². The molecule has 0 spiro atoms. The minimum absolute atomic E-state index is 0.0490. The molecular formula is C23H21FN4O2. The van der Waals surface area contributed by atoms with Crippen molar-refractivity contribution in [1.29, 1.82) is 0 Å². The van der Waals surface area contributed by atoms with Crippen LogP contribution in [-0.4, -0.2) is 15.7 Å². The molecule has 152 valence electrons. The largest absolute Gasteiger partial charge is 0.469 e. The molecule has 7 heteroatoms. The molecule has 0 bridgehead atoms. The van der Waals surface area contributed by atoms with Gasteiger partial charge in [0.15, 0.2) is 0 Å². The number of rotatable bonds is 7. The van der Waals surface area contributed by atoms with Crippen LogP contribution in [0.2, 0.25) is 0 Å².